The minimum Gasteiger partial charge on any atom is -0.489 e. The molecule has 108 valence electrons. The molecule has 0 saturated heterocycles. The molecule has 3 heteroatoms. The van der Waals surface area contributed by atoms with Gasteiger partial charge in [-0.1, -0.05) is 36.1 Å². The quantitative estimate of drug-likeness (QED) is 0.828. The average molecular weight is 282 g/mol. The van der Waals surface area contributed by atoms with Crippen LogP contribution in [0.2, 0.25) is 0 Å². The van der Waals surface area contributed by atoms with Gasteiger partial charge in [-0.25, -0.2) is 0 Å². The summed E-state index contributed by atoms with van der Waals surface area (Å²) in [6.07, 6.45) is 0.481. The first kappa shape index (κ1) is 15.1. The molecule has 0 aliphatic carbocycles. The van der Waals surface area contributed by atoms with Crippen LogP contribution in [-0.4, -0.2) is 16.8 Å². The smallest absolute Gasteiger partial charge is 0.120 e. The molecule has 0 heterocycles. The molecule has 3 nitrogen and oxygen atoms in total. The van der Waals surface area contributed by atoms with Gasteiger partial charge in [-0.05, 0) is 35.4 Å². The predicted octanol–water partition coefficient (Wildman–Crippen LogP) is 2.49. The highest BCUT2D eigenvalue weighted by Crippen LogP contribution is 2.15. The van der Waals surface area contributed by atoms with E-state index < -0.39 is 0 Å². The lowest BCUT2D eigenvalue weighted by Gasteiger charge is -2.07. The lowest BCUT2D eigenvalue weighted by atomic mass is 10.1. The van der Waals surface area contributed by atoms with Gasteiger partial charge in [0.1, 0.15) is 12.4 Å². The van der Waals surface area contributed by atoms with E-state index in [4.69, 9.17) is 14.9 Å². The highest BCUT2D eigenvalue weighted by molar-refractivity contribution is 5.37. The van der Waals surface area contributed by atoms with Gasteiger partial charge < -0.3 is 14.9 Å². The first-order chi connectivity index (χ1) is 10.3. The SMILES string of the molecule is OCCC#Cc1cccc(COc2cccc(CO)c2)c1. The van der Waals surface area contributed by atoms with Crippen LogP contribution in [0.3, 0.4) is 0 Å². The van der Waals surface area contributed by atoms with Crippen molar-refractivity contribution in [2.45, 2.75) is 19.6 Å². The maximum atomic E-state index is 9.10. The predicted molar refractivity (Wildman–Crippen MR) is 81.7 cm³/mol. The van der Waals surface area contributed by atoms with Gasteiger partial charge in [0.2, 0.25) is 0 Å². The van der Waals surface area contributed by atoms with Crippen molar-refractivity contribution in [1.29, 1.82) is 0 Å². The van der Waals surface area contributed by atoms with Gasteiger partial charge in [-0.2, -0.15) is 0 Å². The minimum atomic E-state index is 0.00708. The minimum absolute atomic E-state index is 0.00708. The zero-order valence-electron chi connectivity index (χ0n) is 11.7. The Labute approximate surface area is 124 Å². The number of rotatable bonds is 5. The van der Waals surface area contributed by atoms with Gasteiger partial charge in [0.25, 0.3) is 0 Å². The van der Waals surface area contributed by atoms with Crippen LogP contribution in [0.5, 0.6) is 5.75 Å². The molecule has 21 heavy (non-hydrogen) atoms. The fraction of sp³-hybridized carbons (Fsp3) is 0.222. The van der Waals surface area contributed by atoms with Crippen LogP contribution in [0, 0.1) is 11.8 Å². The standard InChI is InChI=1S/C18H18O3/c19-10-2-1-5-15-6-3-8-17(11-15)14-21-18-9-4-7-16(12-18)13-20/h3-4,6-9,11-12,19-20H,2,10,13-14H2. The maximum absolute atomic E-state index is 9.10. The number of hydrogen-bond acceptors (Lipinski definition) is 3. The molecule has 0 aliphatic heterocycles. The summed E-state index contributed by atoms with van der Waals surface area (Å²) in [6, 6.07) is 15.2. The molecular formula is C18H18O3. The Hall–Kier alpha value is -2.28. The van der Waals surface area contributed by atoms with Crippen LogP contribution in [-0.2, 0) is 13.2 Å². The molecule has 2 aromatic carbocycles. The Balaban J connectivity index is 2.00. The second-order valence-corrected chi connectivity index (χ2v) is 4.57. The van der Waals surface area contributed by atoms with Crippen molar-refractivity contribution in [3.05, 3.63) is 65.2 Å². The Bertz CT molecular complexity index is 638. The van der Waals surface area contributed by atoms with Gasteiger partial charge in [-0.15, -0.1) is 0 Å². The summed E-state index contributed by atoms with van der Waals surface area (Å²) in [7, 11) is 0. The molecule has 0 aliphatic rings. The topological polar surface area (TPSA) is 49.7 Å². The Morgan fingerprint density at radius 3 is 2.57 bits per heavy atom. The summed E-state index contributed by atoms with van der Waals surface area (Å²) in [6.45, 7) is 0.536. The third-order valence-electron chi connectivity index (χ3n) is 2.88. The number of hydrogen-bond donors (Lipinski definition) is 2. The fourth-order valence-electron chi connectivity index (χ4n) is 1.86. The Morgan fingerprint density at radius 2 is 1.76 bits per heavy atom. The fourth-order valence-corrected chi connectivity index (χ4v) is 1.86. The van der Waals surface area contributed by atoms with E-state index >= 15 is 0 Å². The molecule has 0 aromatic heterocycles. The zero-order valence-corrected chi connectivity index (χ0v) is 11.7. The molecule has 0 bridgehead atoms. The molecule has 2 aromatic rings. The largest absolute Gasteiger partial charge is 0.489 e. The van der Waals surface area contributed by atoms with Crippen LogP contribution in [0.1, 0.15) is 23.1 Å². The van der Waals surface area contributed by atoms with Gasteiger partial charge >= 0.3 is 0 Å². The van der Waals surface area contributed by atoms with Gasteiger partial charge in [0.15, 0.2) is 0 Å². The third-order valence-corrected chi connectivity index (χ3v) is 2.88. The van der Waals surface area contributed by atoms with E-state index in [2.05, 4.69) is 11.8 Å². The molecule has 0 radical (unpaired) electrons. The van der Waals surface area contributed by atoms with E-state index in [-0.39, 0.29) is 13.2 Å². The lowest BCUT2D eigenvalue weighted by molar-refractivity contribution is 0.278. The van der Waals surface area contributed by atoms with E-state index in [9.17, 15) is 0 Å². The maximum Gasteiger partial charge on any atom is 0.120 e. The third kappa shape index (κ3) is 4.96. The van der Waals surface area contributed by atoms with Crippen molar-refractivity contribution in [3.8, 4) is 17.6 Å². The van der Waals surface area contributed by atoms with Gasteiger partial charge in [-0.3, -0.25) is 0 Å². The van der Waals surface area contributed by atoms with Gasteiger partial charge in [0.05, 0.1) is 13.2 Å². The van der Waals surface area contributed by atoms with Crippen LogP contribution < -0.4 is 4.74 Å². The van der Waals surface area contributed by atoms with Crippen LogP contribution in [0.4, 0.5) is 0 Å². The number of ether oxygens (including phenoxy) is 1. The Morgan fingerprint density at radius 1 is 0.952 bits per heavy atom. The van der Waals surface area contributed by atoms with Crippen molar-refractivity contribution < 1.29 is 14.9 Å². The molecule has 0 spiro atoms. The highest BCUT2D eigenvalue weighted by atomic mass is 16.5. The number of benzene rings is 2. The summed E-state index contributed by atoms with van der Waals surface area (Å²) in [5.74, 6) is 6.64. The lowest BCUT2D eigenvalue weighted by Crippen LogP contribution is -1.96. The summed E-state index contributed by atoms with van der Waals surface area (Å²) >= 11 is 0. The van der Waals surface area contributed by atoms with Crippen LogP contribution in [0.15, 0.2) is 48.5 Å². The molecule has 0 saturated carbocycles. The van der Waals surface area contributed by atoms with Crippen LogP contribution >= 0.6 is 0 Å². The van der Waals surface area contributed by atoms with E-state index in [0.717, 1.165) is 22.4 Å². The van der Waals surface area contributed by atoms with E-state index in [1.165, 1.54) is 0 Å². The number of aliphatic hydroxyl groups excluding tert-OH is 2. The first-order valence-electron chi connectivity index (χ1n) is 6.83. The Kier molecular flexibility index (Phi) is 5.83. The zero-order chi connectivity index (χ0) is 14.9. The summed E-state index contributed by atoms with van der Waals surface area (Å²) in [5, 5.41) is 17.8. The van der Waals surface area contributed by atoms with Crippen molar-refractivity contribution in [3.63, 3.8) is 0 Å². The second-order valence-electron chi connectivity index (χ2n) is 4.57. The van der Waals surface area contributed by atoms with E-state index in [1.807, 2.05) is 48.5 Å². The average Bonchev–Trinajstić information content (AvgIpc) is 2.54. The van der Waals surface area contributed by atoms with E-state index in [0.29, 0.717) is 13.0 Å². The molecular weight excluding hydrogens is 264 g/mol. The normalized spacial score (nSPS) is 9.81. The van der Waals surface area contributed by atoms with E-state index in [1.54, 1.807) is 0 Å². The monoisotopic (exact) mass is 282 g/mol. The van der Waals surface area contributed by atoms with Gasteiger partial charge in [0, 0.05) is 12.0 Å². The molecule has 0 atom stereocenters. The summed E-state index contributed by atoms with van der Waals surface area (Å²) in [4.78, 5) is 0. The second kappa shape index (κ2) is 8.11. The summed E-state index contributed by atoms with van der Waals surface area (Å²) < 4.78 is 5.72. The summed E-state index contributed by atoms with van der Waals surface area (Å²) in [5.41, 5.74) is 2.77. The molecule has 2 N–H and O–H groups in total. The van der Waals surface area contributed by atoms with Crippen LogP contribution in [0.25, 0.3) is 0 Å². The molecule has 0 amide bonds. The molecule has 0 fully saturated rings. The molecule has 2 rings (SSSR count). The van der Waals surface area contributed by atoms with Crippen molar-refractivity contribution >= 4 is 0 Å². The highest BCUT2D eigenvalue weighted by Gasteiger charge is 1.98. The van der Waals surface area contributed by atoms with Crippen molar-refractivity contribution in [2.75, 3.05) is 6.61 Å². The number of aliphatic hydroxyl groups is 2. The molecule has 0 unspecified atom stereocenters. The van der Waals surface area contributed by atoms with Crippen molar-refractivity contribution in [2.24, 2.45) is 0 Å². The van der Waals surface area contributed by atoms with Crippen molar-refractivity contribution in [1.82, 2.24) is 0 Å². The first-order valence-corrected chi connectivity index (χ1v) is 6.83.